The van der Waals surface area contributed by atoms with E-state index in [4.69, 9.17) is 4.74 Å². The molecule has 0 aromatic heterocycles. The predicted molar refractivity (Wildman–Crippen MR) is 90.4 cm³/mol. The number of nitrogens with one attached hydrogen (secondary N) is 1. The molecule has 0 aliphatic heterocycles. The minimum atomic E-state index is -0.0495. The average Bonchev–Trinajstić information content (AvgIpc) is 2.40. The summed E-state index contributed by atoms with van der Waals surface area (Å²) in [5.41, 5.74) is -0.0495. The summed E-state index contributed by atoms with van der Waals surface area (Å²) in [5, 5.41) is 3.68. The summed E-state index contributed by atoms with van der Waals surface area (Å²) in [5.74, 6) is 0. The standard InChI is InChI=1S/C18H39NO/c1-6-9-10-11-12-13-14-15-17(19-16-7-2)18(4,5)20-8-3/h17,19H,6-16H2,1-5H3. The van der Waals surface area contributed by atoms with Crippen molar-refractivity contribution in [2.24, 2.45) is 0 Å². The van der Waals surface area contributed by atoms with Gasteiger partial charge in [0.25, 0.3) is 0 Å². The molecule has 0 aromatic carbocycles. The molecule has 0 rings (SSSR count). The fraction of sp³-hybridized carbons (Fsp3) is 1.00. The average molecular weight is 286 g/mol. The normalized spacial score (nSPS) is 13.7. The molecular weight excluding hydrogens is 246 g/mol. The Kier molecular flexibility index (Phi) is 12.6. The highest BCUT2D eigenvalue weighted by Gasteiger charge is 2.28. The maximum atomic E-state index is 5.94. The molecule has 122 valence electrons. The Balaban J connectivity index is 3.92. The Labute approximate surface area is 128 Å². The van der Waals surface area contributed by atoms with Crippen LogP contribution in [0.5, 0.6) is 0 Å². The topological polar surface area (TPSA) is 21.3 Å². The van der Waals surface area contributed by atoms with E-state index in [9.17, 15) is 0 Å². The smallest absolute Gasteiger partial charge is 0.0778 e. The summed E-state index contributed by atoms with van der Waals surface area (Å²) in [6, 6.07) is 0.484. The van der Waals surface area contributed by atoms with Gasteiger partial charge in [-0.3, -0.25) is 0 Å². The first-order chi connectivity index (χ1) is 9.58. The zero-order valence-electron chi connectivity index (χ0n) is 14.8. The summed E-state index contributed by atoms with van der Waals surface area (Å²) >= 11 is 0. The van der Waals surface area contributed by atoms with E-state index in [1.165, 1.54) is 57.8 Å². The van der Waals surface area contributed by atoms with Crippen molar-refractivity contribution in [1.82, 2.24) is 5.32 Å². The Bertz CT molecular complexity index is 204. The molecule has 2 heteroatoms. The molecule has 1 atom stereocenters. The summed E-state index contributed by atoms with van der Waals surface area (Å²) in [6.45, 7) is 12.9. The van der Waals surface area contributed by atoms with Crippen molar-refractivity contribution in [2.75, 3.05) is 13.2 Å². The van der Waals surface area contributed by atoms with Crippen molar-refractivity contribution in [1.29, 1.82) is 0 Å². The van der Waals surface area contributed by atoms with Crippen molar-refractivity contribution in [3.63, 3.8) is 0 Å². The Morgan fingerprint density at radius 2 is 1.45 bits per heavy atom. The van der Waals surface area contributed by atoms with Crippen LogP contribution in [0.15, 0.2) is 0 Å². The van der Waals surface area contributed by atoms with E-state index in [1.54, 1.807) is 0 Å². The first kappa shape index (κ1) is 19.9. The third kappa shape index (κ3) is 9.77. The second-order valence-electron chi connectivity index (χ2n) is 6.45. The lowest BCUT2D eigenvalue weighted by molar-refractivity contribution is -0.0405. The molecule has 0 bridgehead atoms. The predicted octanol–water partition coefficient (Wildman–Crippen LogP) is 5.31. The molecule has 0 fully saturated rings. The van der Waals surface area contributed by atoms with Crippen molar-refractivity contribution < 1.29 is 4.74 Å². The van der Waals surface area contributed by atoms with Gasteiger partial charge in [-0.2, -0.15) is 0 Å². The van der Waals surface area contributed by atoms with E-state index in [1.807, 2.05) is 0 Å². The van der Waals surface area contributed by atoms with E-state index in [-0.39, 0.29) is 5.60 Å². The summed E-state index contributed by atoms with van der Waals surface area (Å²) < 4.78 is 5.94. The molecular formula is C18H39NO. The van der Waals surface area contributed by atoms with E-state index >= 15 is 0 Å². The summed E-state index contributed by atoms with van der Waals surface area (Å²) in [6.07, 6.45) is 12.1. The number of hydrogen-bond acceptors (Lipinski definition) is 2. The monoisotopic (exact) mass is 285 g/mol. The quantitative estimate of drug-likeness (QED) is 0.437. The molecule has 2 nitrogen and oxygen atoms in total. The maximum Gasteiger partial charge on any atom is 0.0778 e. The van der Waals surface area contributed by atoms with Gasteiger partial charge in [0.15, 0.2) is 0 Å². The van der Waals surface area contributed by atoms with Gasteiger partial charge >= 0.3 is 0 Å². The molecule has 0 radical (unpaired) electrons. The number of ether oxygens (including phenoxy) is 1. The zero-order chi connectivity index (χ0) is 15.3. The highest BCUT2D eigenvalue weighted by atomic mass is 16.5. The Morgan fingerprint density at radius 3 is 2.00 bits per heavy atom. The van der Waals surface area contributed by atoms with Crippen LogP contribution in [-0.2, 0) is 4.74 Å². The van der Waals surface area contributed by atoms with Gasteiger partial charge in [-0.1, -0.05) is 58.8 Å². The van der Waals surface area contributed by atoms with Gasteiger partial charge in [-0.15, -0.1) is 0 Å². The lowest BCUT2D eigenvalue weighted by atomic mass is 9.92. The molecule has 1 unspecified atom stereocenters. The molecule has 20 heavy (non-hydrogen) atoms. The maximum absolute atomic E-state index is 5.94. The van der Waals surface area contributed by atoms with E-state index in [0.717, 1.165) is 13.2 Å². The van der Waals surface area contributed by atoms with Gasteiger partial charge in [0.2, 0.25) is 0 Å². The molecule has 0 aromatic rings. The van der Waals surface area contributed by atoms with Crippen molar-refractivity contribution in [2.45, 2.75) is 104 Å². The first-order valence-corrected chi connectivity index (χ1v) is 8.95. The third-order valence-electron chi connectivity index (χ3n) is 4.09. The van der Waals surface area contributed by atoms with Crippen LogP contribution < -0.4 is 5.32 Å². The molecule has 0 saturated heterocycles. The molecule has 0 heterocycles. The van der Waals surface area contributed by atoms with Gasteiger partial charge in [0.1, 0.15) is 0 Å². The largest absolute Gasteiger partial charge is 0.374 e. The van der Waals surface area contributed by atoms with Crippen LogP contribution in [0.1, 0.15) is 92.4 Å². The lowest BCUT2D eigenvalue weighted by Crippen LogP contribution is -2.48. The zero-order valence-corrected chi connectivity index (χ0v) is 14.8. The molecule has 1 N–H and O–H groups in total. The van der Waals surface area contributed by atoms with Gasteiger partial charge in [-0.25, -0.2) is 0 Å². The van der Waals surface area contributed by atoms with Crippen LogP contribution in [0.2, 0.25) is 0 Å². The number of unbranched alkanes of at least 4 members (excludes halogenated alkanes) is 6. The Morgan fingerprint density at radius 1 is 0.850 bits per heavy atom. The van der Waals surface area contributed by atoms with Gasteiger partial charge in [0.05, 0.1) is 5.60 Å². The van der Waals surface area contributed by atoms with Crippen LogP contribution in [-0.4, -0.2) is 24.8 Å². The van der Waals surface area contributed by atoms with Gasteiger partial charge < -0.3 is 10.1 Å². The van der Waals surface area contributed by atoms with Crippen LogP contribution in [0, 0.1) is 0 Å². The van der Waals surface area contributed by atoms with Crippen LogP contribution >= 0.6 is 0 Å². The summed E-state index contributed by atoms with van der Waals surface area (Å²) in [4.78, 5) is 0. The fourth-order valence-corrected chi connectivity index (χ4v) is 2.79. The minimum Gasteiger partial charge on any atom is -0.374 e. The van der Waals surface area contributed by atoms with Crippen LogP contribution in [0.3, 0.4) is 0 Å². The Hall–Kier alpha value is -0.0800. The fourth-order valence-electron chi connectivity index (χ4n) is 2.79. The molecule has 0 amide bonds. The third-order valence-corrected chi connectivity index (χ3v) is 4.09. The minimum absolute atomic E-state index is 0.0495. The summed E-state index contributed by atoms with van der Waals surface area (Å²) in [7, 11) is 0. The van der Waals surface area contributed by atoms with E-state index in [2.05, 4.69) is 39.9 Å². The first-order valence-electron chi connectivity index (χ1n) is 8.95. The molecule has 0 saturated carbocycles. The van der Waals surface area contributed by atoms with E-state index < -0.39 is 0 Å². The van der Waals surface area contributed by atoms with Gasteiger partial charge in [-0.05, 0) is 40.2 Å². The van der Waals surface area contributed by atoms with Crippen LogP contribution in [0.4, 0.5) is 0 Å². The van der Waals surface area contributed by atoms with Crippen molar-refractivity contribution >= 4 is 0 Å². The number of hydrogen-bond donors (Lipinski definition) is 1. The SMILES string of the molecule is CCCCCCCCCC(NCCC)C(C)(C)OCC. The van der Waals surface area contributed by atoms with E-state index in [0.29, 0.717) is 6.04 Å². The highest BCUT2D eigenvalue weighted by Crippen LogP contribution is 2.20. The van der Waals surface area contributed by atoms with Gasteiger partial charge in [0, 0.05) is 12.6 Å². The van der Waals surface area contributed by atoms with Crippen LogP contribution in [0.25, 0.3) is 0 Å². The van der Waals surface area contributed by atoms with Crippen molar-refractivity contribution in [3.8, 4) is 0 Å². The number of rotatable bonds is 14. The molecule has 0 aliphatic carbocycles. The molecule has 0 spiro atoms. The molecule has 0 aliphatic rings. The lowest BCUT2D eigenvalue weighted by Gasteiger charge is -2.35. The highest BCUT2D eigenvalue weighted by molar-refractivity contribution is 4.85. The second-order valence-corrected chi connectivity index (χ2v) is 6.45. The van der Waals surface area contributed by atoms with Crippen molar-refractivity contribution in [3.05, 3.63) is 0 Å². The second kappa shape index (κ2) is 12.6.